The number of hydrogen-bond donors (Lipinski definition) is 1. The number of halogens is 1. The Morgan fingerprint density at radius 2 is 2.08 bits per heavy atom. The van der Waals surface area contributed by atoms with Crippen molar-refractivity contribution in [3.05, 3.63) is 66.4 Å². The number of nitrogens with zero attached hydrogens (tertiary/aromatic N) is 1. The van der Waals surface area contributed by atoms with Crippen molar-refractivity contribution in [2.24, 2.45) is 0 Å². The molecule has 0 aliphatic carbocycles. The molecule has 0 unspecified atom stereocenters. The summed E-state index contributed by atoms with van der Waals surface area (Å²) in [5.74, 6) is -0.242. The number of anilines is 1. The highest BCUT2D eigenvalue weighted by Crippen LogP contribution is 2.26. The average molecular weight is 326 g/mol. The lowest BCUT2D eigenvalue weighted by Gasteiger charge is -2.07. The van der Waals surface area contributed by atoms with Crippen LogP contribution in [-0.2, 0) is 0 Å². The molecule has 1 N–H and O–H groups in total. The molecule has 3 aromatic rings. The second-order valence-electron chi connectivity index (χ2n) is 4.92. The molecule has 0 spiro atoms. The van der Waals surface area contributed by atoms with Gasteiger partial charge in [0.1, 0.15) is 11.6 Å². The Morgan fingerprint density at radius 1 is 1.25 bits per heavy atom. The standard InChI is InChI=1S/C18H15FN2O3/c1-2-23-13-7-5-6-12(10-13)21-18(22)16-17(24-11-20-16)14-8-3-4-9-15(14)19/h3-11H,2H2,1H3,(H,21,22). The van der Waals surface area contributed by atoms with E-state index in [1.54, 1.807) is 36.4 Å². The number of nitrogens with one attached hydrogen (secondary N) is 1. The zero-order valence-electron chi connectivity index (χ0n) is 13.0. The maximum Gasteiger partial charge on any atom is 0.278 e. The van der Waals surface area contributed by atoms with Gasteiger partial charge in [-0.05, 0) is 31.2 Å². The molecule has 2 aromatic carbocycles. The van der Waals surface area contributed by atoms with Crippen molar-refractivity contribution in [1.82, 2.24) is 4.98 Å². The number of aromatic nitrogens is 1. The van der Waals surface area contributed by atoms with Gasteiger partial charge in [0.2, 0.25) is 0 Å². The van der Waals surface area contributed by atoms with E-state index in [1.807, 2.05) is 6.92 Å². The smallest absolute Gasteiger partial charge is 0.278 e. The largest absolute Gasteiger partial charge is 0.494 e. The highest BCUT2D eigenvalue weighted by atomic mass is 19.1. The first kappa shape index (κ1) is 15.7. The van der Waals surface area contributed by atoms with E-state index in [1.165, 1.54) is 12.1 Å². The van der Waals surface area contributed by atoms with Crippen LogP contribution in [0.15, 0.2) is 59.3 Å². The normalized spacial score (nSPS) is 10.4. The number of carbonyl (C=O) groups is 1. The number of oxazole rings is 1. The monoisotopic (exact) mass is 326 g/mol. The lowest BCUT2D eigenvalue weighted by molar-refractivity contribution is 0.102. The third-order valence-electron chi connectivity index (χ3n) is 3.30. The fourth-order valence-corrected chi connectivity index (χ4v) is 2.26. The maximum absolute atomic E-state index is 13.9. The molecule has 1 amide bonds. The van der Waals surface area contributed by atoms with Crippen LogP contribution in [0.25, 0.3) is 11.3 Å². The number of ether oxygens (including phenoxy) is 1. The molecule has 0 bridgehead atoms. The van der Waals surface area contributed by atoms with Gasteiger partial charge < -0.3 is 14.5 Å². The Hall–Kier alpha value is -3.15. The first-order chi connectivity index (χ1) is 11.7. The Labute approximate surface area is 138 Å². The molecule has 1 heterocycles. The van der Waals surface area contributed by atoms with Gasteiger partial charge in [0.25, 0.3) is 5.91 Å². The van der Waals surface area contributed by atoms with Crippen molar-refractivity contribution in [3.8, 4) is 17.1 Å². The molecular formula is C18H15FN2O3. The van der Waals surface area contributed by atoms with Crippen LogP contribution in [0.5, 0.6) is 5.75 Å². The van der Waals surface area contributed by atoms with E-state index in [9.17, 15) is 9.18 Å². The summed E-state index contributed by atoms with van der Waals surface area (Å²) >= 11 is 0. The molecular weight excluding hydrogens is 311 g/mol. The van der Waals surface area contributed by atoms with E-state index in [0.717, 1.165) is 6.39 Å². The van der Waals surface area contributed by atoms with Gasteiger partial charge in [-0.15, -0.1) is 0 Å². The van der Waals surface area contributed by atoms with Gasteiger partial charge >= 0.3 is 0 Å². The molecule has 0 aliphatic rings. The topological polar surface area (TPSA) is 64.4 Å². The average Bonchev–Trinajstić information content (AvgIpc) is 3.05. The van der Waals surface area contributed by atoms with Crippen LogP contribution in [-0.4, -0.2) is 17.5 Å². The molecule has 0 atom stereocenters. The molecule has 24 heavy (non-hydrogen) atoms. The van der Waals surface area contributed by atoms with Crippen LogP contribution >= 0.6 is 0 Å². The van der Waals surface area contributed by atoms with E-state index < -0.39 is 11.7 Å². The highest BCUT2D eigenvalue weighted by Gasteiger charge is 2.20. The molecule has 0 fully saturated rings. The van der Waals surface area contributed by atoms with Gasteiger partial charge in [-0.2, -0.15) is 0 Å². The lowest BCUT2D eigenvalue weighted by atomic mass is 10.1. The van der Waals surface area contributed by atoms with Gasteiger partial charge in [-0.25, -0.2) is 9.37 Å². The van der Waals surface area contributed by atoms with Crippen LogP contribution in [0.2, 0.25) is 0 Å². The van der Waals surface area contributed by atoms with Crippen LogP contribution in [0.4, 0.5) is 10.1 Å². The molecule has 0 saturated heterocycles. The van der Waals surface area contributed by atoms with Crippen molar-refractivity contribution in [1.29, 1.82) is 0 Å². The summed E-state index contributed by atoms with van der Waals surface area (Å²) in [5, 5.41) is 2.71. The van der Waals surface area contributed by atoms with Crippen molar-refractivity contribution in [2.45, 2.75) is 6.92 Å². The summed E-state index contributed by atoms with van der Waals surface area (Å²) < 4.78 is 24.5. The number of rotatable bonds is 5. The Kier molecular flexibility index (Phi) is 4.56. The molecule has 3 rings (SSSR count). The van der Waals surface area contributed by atoms with E-state index in [4.69, 9.17) is 9.15 Å². The second kappa shape index (κ2) is 6.95. The predicted octanol–water partition coefficient (Wildman–Crippen LogP) is 4.13. The summed E-state index contributed by atoms with van der Waals surface area (Å²) in [6.07, 6.45) is 1.12. The molecule has 0 aliphatic heterocycles. The van der Waals surface area contributed by atoms with E-state index >= 15 is 0 Å². The third-order valence-corrected chi connectivity index (χ3v) is 3.30. The minimum atomic E-state index is -0.490. The fourth-order valence-electron chi connectivity index (χ4n) is 2.26. The van der Waals surface area contributed by atoms with Crippen LogP contribution < -0.4 is 10.1 Å². The minimum Gasteiger partial charge on any atom is -0.494 e. The summed E-state index contributed by atoms with van der Waals surface area (Å²) in [7, 11) is 0. The first-order valence-corrected chi connectivity index (χ1v) is 7.41. The summed E-state index contributed by atoms with van der Waals surface area (Å²) in [4.78, 5) is 16.4. The van der Waals surface area contributed by atoms with E-state index in [2.05, 4.69) is 10.3 Å². The lowest BCUT2D eigenvalue weighted by Crippen LogP contribution is -2.13. The van der Waals surface area contributed by atoms with Crippen molar-refractivity contribution < 1.29 is 18.3 Å². The summed E-state index contributed by atoms with van der Waals surface area (Å²) in [6.45, 7) is 2.40. The zero-order chi connectivity index (χ0) is 16.9. The summed E-state index contributed by atoms with van der Waals surface area (Å²) in [6, 6.07) is 13.0. The minimum absolute atomic E-state index is 0.0157. The predicted molar refractivity (Wildman–Crippen MR) is 87.5 cm³/mol. The van der Waals surface area contributed by atoms with E-state index in [-0.39, 0.29) is 17.0 Å². The van der Waals surface area contributed by atoms with Crippen molar-refractivity contribution in [3.63, 3.8) is 0 Å². The van der Waals surface area contributed by atoms with Gasteiger partial charge in [0.15, 0.2) is 17.8 Å². The molecule has 122 valence electrons. The first-order valence-electron chi connectivity index (χ1n) is 7.41. The fraction of sp³-hybridized carbons (Fsp3) is 0.111. The number of benzene rings is 2. The van der Waals surface area contributed by atoms with E-state index in [0.29, 0.717) is 18.0 Å². The Balaban J connectivity index is 1.86. The number of amides is 1. The SMILES string of the molecule is CCOc1cccc(NC(=O)c2ncoc2-c2ccccc2F)c1. The number of hydrogen-bond acceptors (Lipinski definition) is 4. The van der Waals surface area contributed by atoms with Gasteiger partial charge in [0, 0.05) is 11.8 Å². The zero-order valence-corrected chi connectivity index (χ0v) is 13.0. The second-order valence-corrected chi connectivity index (χ2v) is 4.92. The van der Waals surface area contributed by atoms with Crippen LogP contribution in [0, 0.1) is 5.82 Å². The molecule has 0 saturated carbocycles. The Bertz CT molecular complexity index is 861. The van der Waals surface area contributed by atoms with Gasteiger partial charge in [-0.3, -0.25) is 4.79 Å². The summed E-state index contributed by atoms with van der Waals surface area (Å²) in [5.41, 5.74) is 0.749. The molecule has 6 heteroatoms. The highest BCUT2D eigenvalue weighted by molar-refractivity contribution is 6.06. The number of carbonyl (C=O) groups excluding carboxylic acids is 1. The van der Waals surface area contributed by atoms with Crippen LogP contribution in [0.3, 0.4) is 0 Å². The molecule has 5 nitrogen and oxygen atoms in total. The Morgan fingerprint density at radius 3 is 2.88 bits per heavy atom. The van der Waals surface area contributed by atoms with Gasteiger partial charge in [-0.1, -0.05) is 18.2 Å². The van der Waals surface area contributed by atoms with Crippen molar-refractivity contribution >= 4 is 11.6 Å². The molecule has 1 aromatic heterocycles. The van der Waals surface area contributed by atoms with Gasteiger partial charge in [0.05, 0.1) is 12.2 Å². The quantitative estimate of drug-likeness (QED) is 0.765. The maximum atomic E-state index is 13.9. The molecule has 0 radical (unpaired) electrons. The third kappa shape index (κ3) is 3.27. The van der Waals surface area contributed by atoms with Crippen molar-refractivity contribution in [2.75, 3.05) is 11.9 Å². The van der Waals surface area contributed by atoms with Crippen LogP contribution in [0.1, 0.15) is 17.4 Å².